The van der Waals surface area contributed by atoms with Crippen LogP contribution in [0.1, 0.15) is 0 Å². The Morgan fingerprint density at radius 1 is 0.611 bits per heavy atom. The third-order valence-corrected chi connectivity index (χ3v) is 5.24. The highest BCUT2D eigenvalue weighted by molar-refractivity contribution is 14.1. The van der Waals surface area contributed by atoms with Gasteiger partial charge in [0.15, 0.2) is 0 Å². The summed E-state index contributed by atoms with van der Waals surface area (Å²) in [6.45, 7) is 0. The van der Waals surface area contributed by atoms with E-state index in [2.05, 4.69) is 90.4 Å². The molecule has 0 atom stereocenters. The van der Waals surface area contributed by atoms with Crippen LogP contribution in [-0.2, 0) is 0 Å². The Kier molecular flexibility index (Phi) is 5.25. The predicted octanol–water partition coefficient (Wildman–Crippen LogP) is 5.18. The first-order valence-corrected chi connectivity index (χ1v) is 9.08. The molecule has 0 amide bonds. The Morgan fingerprint density at radius 3 is 1.28 bits per heavy atom. The van der Waals surface area contributed by atoms with Crippen molar-refractivity contribution in [3.05, 3.63) is 38.5 Å². The van der Waals surface area contributed by atoms with Gasteiger partial charge in [-0.2, -0.15) is 0 Å². The smallest absolute Gasteiger partial charge is 0.136 e. The molecule has 0 aliphatic carbocycles. The zero-order valence-corrected chi connectivity index (χ0v) is 17.3. The number of phenolic OH excluding ortho intramolecular Hbond substituents is 2. The molecule has 0 bridgehead atoms. The van der Waals surface area contributed by atoms with Crippen molar-refractivity contribution in [3.8, 4) is 22.6 Å². The van der Waals surface area contributed by atoms with Crippen LogP contribution in [-0.4, -0.2) is 10.2 Å². The summed E-state index contributed by atoms with van der Waals surface area (Å²) >= 11 is 8.59. The molecule has 6 heteroatoms. The van der Waals surface area contributed by atoms with Crippen LogP contribution in [0, 0.1) is 14.3 Å². The van der Waals surface area contributed by atoms with E-state index in [0.717, 1.165) is 14.3 Å². The van der Waals surface area contributed by atoms with Crippen LogP contribution in [0.4, 0.5) is 0 Å². The minimum atomic E-state index is 0.212. The molecule has 0 saturated carbocycles. The van der Waals surface area contributed by atoms with E-state index in [4.69, 9.17) is 0 Å². The highest BCUT2D eigenvalue weighted by Crippen LogP contribution is 2.41. The van der Waals surface area contributed by atoms with Gasteiger partial charge in [-0.3, -0.25) is 0 Å². The summed E-state index contributed by atoms with van der Waals surface area (Å²) in [5.41, 5.74) is 1.33. The first kappa shape index (κ1) is 15.4. The van der Waals surface area contributed by atoms with Gasteiger partial charge in [-0.05, 0) is 115 Å². The SMILES string of the molecule is Oc1c(I)cc(I)cc1-c1cc(I)cc(I)c1O. The molecule has 2 aromatic carbocycles. The number of aromatic hydroxyl groups is 2. The van der Waals surface area contributed by atoms with E-state index < -0.39 is 0 Å². The predicted molar refractivity (Wildman–Crippen MR) is 106 cm³/mol. The van der Waals surface area contributed by atoms with Gasteiger partial charge in [0, 0.05) is 18.3 Å². The normalized spacial score (nSPS) is 10.7. The zero-order valence-electron chi connectivity index (χ0n) is 8.72. The first-order chi connectivity index (χ1) is 8.40. The molecule has 0 spiro atoms. The van der Waals surface area contributed by atoms with Crippen LogP contribution in [0.2, 0.25) is 0 Å². The van der Waals surface area contributed by atoms with Crippen molar-refractivity contribution >= 4 is 90.4 Å². The number of rotatable bonds is 1. The Bertz CT molecular complexity index is 570. The second kappa shape index (κ2) is 6.16. The van der Waals surface area contributed by atoms with Crippen molar-refractivity contribution in [3.63, 3.8) is 0 Å². The summed E-state index contributed by atoms with van der Waals surface area (Å²) in [5, 5.41) is 20.3. The standard InChI is InChI=1S/C12H6I4O2/c13-5-1-7(11(17)9(15)3-5)8-2-6(14)4-10(16)12(8)18/h1-4,17-18H. The minimum absolute atomic E-state index is 0.212. The second-order valence-electron chi connectivity index (χ2n) is 3.57. The maximum Gasteiger partial charge on any atom is 0.136 e. The van der Waals surface area contributed by atoms with Crippen LogP contribution in [0.5, 0.6) is 11.5 Å². The molecule has 0 radical (unpaired) electrons. The van der Waals surface area contributed by atoms with E-state index in [1.54, 1.807) is 0 Å². The maximum atomic E-state index is 10.2. The lowest BCUT2D eigenvalue weighted by Crippen LogP contribution is -1.89. The third kappa shape index (κ3) is 3.16. The second-order valence-corrected chi connectivity index (χ2v) is 8.38. The molecule has 0 aromatic heterocycles. The Balaban J connectivity index is 2.77. The fraction of sp³-hybridized carbons (Fsp3) is 0. The molecule has 0 aliphatic rings. The van der Waals surface area contributed by atoms with E-state index >= 15 is 0 Å². The van der Waals surface area contributed by atoms with Gasteiger partial charge in [-0.15, -0.1) is 0 Å². The lowest BCUT2D eigenvalue weighted by atomic mass is 10.0. The van der Waals surface area contributed by atoms with Gasteiger partial charge in [0.1, 0.15) is 11.5 Å². The topological polar surface area (TPSA) is 40.5 Å². The highest BCUT2D eigenvalue weighted by Gasteiger charge is 2.15. The highest BCUT2D eigenvalue weighted by atomic mass is 127. The van der Waals surface area contributed by atoms with E-state index in [-0.39, 0.29) is 11.5 Å². The van der Waals surface area contributed by atoms with Gasteiger partial charge in [-0.1, -0.05) is 0 Å². The van der Waals surface area contributed by atoms with Crippen molar-refractivity contribution < 1.29 is 10.2 Å². The Morgan fingerprint density at radius 2 is 0.944 bits per heavy atom. The molecule has 2 rings (SSSR count). The van der Waals surface area contributed by atoms with Gasteiger partial charge in [0.2, 0.25) is 0 Å². The largest absolute Gasteiger partial charge is 0.506 e. The number of benzene rings is 2. The van der Waals surface area contributed by atoms with Crippen molar-refractivity contribution in [1.82, 2.24) is 0 Å². The quantitative estimate of drug-likeness (QED) is 0.406. The number of phenols is 2. The van der Waals surface area contributed by atoms with Crippen LogP contribution >= 0.6 is 90.4 Å². The summed E-state index contributed by atoms with van der Waals surface area (Å²) in [7, 11) is 0. The first-order valence-electron chi connectivity index (χ1n) is 4.76. The molecule has 2 N–H and O–H groups in total. The fourth-order valence-corrected chi connectivity index (χ4v) is 5.23. The molecular formula is C12H6I4O2. The molecule has 2 aromatic rings. The van der Waals surface area contributed by atoms with Crippen LogP contribution in [0.15, 0.2) is 24.3 Å². The monoisotopic (exact) mass is 690 g/mol. The zero-order chi connectivity index (χ0) is 13.4. The number of hydrogen-bond acceptors (Lipinski definition) is 2. The van der Waals surface area contributed by atoms with Crippen molar-refractivity contribution in [2.24, 2.45) is 0 Å². The lowest BCUT2D eigenvalue weighted by molar-refractivity contribution is 0.465. The van der Waals surface area contributed by atoms with Gasteiger partial charge < -0.3 is 10.2 Å². The fourth-order valence-electron chi connectivity index (χ4n) is 1.54. The molecule has 94 valence electrons. The van der Waals surface area contributed by atoms with Crippen LogP contribution in [0.3, 0.4) is 0 Å². The number of hydrogen-bond donors (Lipinski definition) is 2. The van der Waals surface area contributed by atoms with Gasteiger partial charge in [-0.25, -0.2) is 0 Å². The van der Waals surface area contributed by atoms with Gasteiger partial charge in [0.25, 0.3) is 0 Å². The van der Waals surface area contributed by atoms with E-state index in [1.165, 1.54) is 0 Å². The summed E-state index contributed by atoms with van der Waals surface area (Å²) < 4.78 is 3.61. The number of halogens is 4. The maximum absolute atomic E-state index is 10.2. The van der Waals surface area contributed by atoms with E-state index in [0.29, 0.717) is 11.1 Å². The Hall–Kier alpha value is 0.960. The molecule has 0 fully saturated rings. The molecule has 0 unspecified atom stereocenters. The molecule has 0 saturated heterocycles. The van der Waals surface area contributed by atoms with Crippen molar-refractivity contribution in [2.45, 2.75) is 0 Å². The van der Waals surface area contributed by atoms with E-state index in [9.17, 15) is 10.2 Å². The third-order valence-electron chi connectivity index (χ3n) is 2.35. The summed E-state index contributed by atoms with van der Waals surface area (Å²) in [6, 6.07) is 7.55. The molecule has 0 heterocycles. The average Bonchev–Trinajstić information content (AvgIpc) is 2.28. The molecule has 18 heavy (non-hydrogen) atoms. The van der Waals surface area contributed by atoms with Crippen molar-refractivity contribution in [2.75, 3.05) is 0 Å². The van der Waals surface area contributed by atoms with Crippen LogP contribution in [0.25, 0.3) is 11.1 Å². The van der Waals surface area contributed by atoms with Gasteiger partial charge >= 0.3 is 0 Å². The van der Waals surface area contributed by atoms with Crippen LogP contribution < -0.4 is 0 Å². The summed E-state index contributed by atoms with van der Waals surface area (Å²) in [6.07, 6.45) is 0. The Labute approximate surface area is 159 Å². The molecule has 2 nitrogen and oxygen atoms in total. The van der Waals surface area contributed by atoms with Crippen molar-refractivity contribution in [1.29, 1.82) is 0 Å². The van der Waals surface area contributed by atoms with E-state index in [1.807, 2.05) is 24.3 Å². The average molecular weight is 690 g/mol. The van der Waals surface area contributed by atoms with Gasteiger partial charge in [0.05, 0.1) is 7.14 Å². The molecule has 0 aliphatic heterocycles. The summed E-state index contributed by atoms with van der Waals surface area (Å²) in [5.74, 6) is 0.424. The lowest BCUT2D eigenvalue weighted by Gasteiger charge is -2.11. The summed E-state index contributed by atoms with van der Waals surface area (Å²) in [4.78, 5) is 0. The molecular weight excluding hydrogens is 684 g/mol. The minimum Gasteiger partial charge on any atom is -0.506 e.